The minimum Gasteiger partial charge on any atom is -0.492 e. The summed E-state index contributed by atoms with van der Waals surface area (Å²) in [7, 11) is 3.31. The normalized spacial score (nSPS) is 18.5. The lowest BCUT2D eigenvalue weighted by molar-refractivity contribution is -0.00876. The topological polar surface area (TPSA) is 127 Å². The molecule has 2 unspecified atom stereocenters. The van der Waals surface area contributed by atoms with Gasteiger partial charge in [-0.05, 0) is 30.2 Å². The summed E-state index contributed by atoms with van der Waals surface area (Å²) >= 11 is 0. The molecular weight excluding hydrogens is 508 g/mol. The number of aromatic nitrogens is 4. The standard InChI is InChI=1S/C29H34N8O3/c1-38-8-3-9-40-23-11-24(28-25(12-30)29(31)34-37(28)18-23)20-5-6-26(32-14-20)35-16-21-10-22(17-35)36(21)15-19-4-7-27(39-2)33-13-19/h4-7,11-14,18,21-22,30H,3,8-10,15-17H2,1-2H3,(H2,31,34). The second kappa shape index (κ2) is 11.1. The van der Waals surface area contributed by atoms with Crippen molar-refractivity contribution in [2.24, 2.45) is 0 Å². The lowest BCUT2D eigenvalue weighted by Gasteiger charge is -2.56. The van der Waals surface area contributed by atoms with Crippen LogP contribution in [0.25, 0.3) is 16.6 Å². The molecule has 2 atom stereocenters. The van der Waals surface area contributed by atoms with Gasteiger partial charge in [-0.25, -0.2) is 14.5 Å². The van der Waals surface area contributed by atoms with E-state index >= 15 is 0 Å². The van der Waals surface area contributed by atoms with Crippen LogP contribution in [0.1, 0.15) is 24.0 Å². The van der Waals surface area contributed by atoms with Gasteiger partial charge in [-0.1, -0.05) is 6.07 Å². The molecule has 4 aromatic heterocycles. The van der Waals surface area contributed by atoms with E-state index in [1.165, 1.54) is 18.2 Å². The average molecular weight is 543 g/mol. The Morgan fingerprint density at radius 1 is 1.07 bits per heavy atom. The molecule has 0 saturated carbocycles. The van der Waals surface area contributed by atoms with E-state index in [4.69, 9.17) is 30.3 Å². The van der Waals surface area contributed by atoms with E-state index in [-0.39, 0.29) is 0 Å². The van der Waals surface area contributed by atoms with Crippen LogP contribution in [0.2, 0.25) is 0 Å². The maximum absolute atomic E-state index is 7.91. The third kappa shape index (κ3) is 4.93. The largest absolute Gasteiger partial charge is 0.492 e. The number of piperidine rings is 1. The van der Waals surface area contributed by atoms with Gasteiger partial charge in [0.1, 0.15) is 11.6 Å². The summed E-state index contributed by atoms with van der Waals surface area (Å²) in [5.41, 5.74) is 10.5. The van der Waals surface area contributed by atoms with Gasteiger partial charge in [0.05, 0.1) is 31.0 Å². The molecule has 0 aliphatic carbocycles. The van der Waals surface area contributed by atoms with Crippen molar-refractivity contribution >= 4 is 23.4 Å². The number of anilines is 2. The van der Waals surface area contributed by atoms with Gasteiger partial charge in [-0.15, -0.1) is 5.10 Å². The Morgan fingerprint density at radius 2 is 1.93 bits per heavy atom. The smallest absolute Gasteiger partial charge is 0.212 e. The maximum atomic E-state index is 7.91. The zero-order valence-corrected chi connectivity index (χ0v) is 22.8. The van der Waals surface area contributed by atoms with Crippen molar-refractivity contribution in [3.63, 3.8) is 0 Å². The van der Waals surface area contributed by atoms with Crippen LogP contribution in [0.5, 0.6) is 11.6 Å². The van der Waals surface area contributed by atoms with E-state index in [1.54, 1.807) is 24.9 Å². The summed E-state index contributed by atoms with van der Waals surface area (Å²) in [5, 5.41) is 12.3. The van der Waals surface area contributed by atoms with Gasteiger partial charge in [-0.2, -0.15) is 0 Å². The first-order valence-electron chi connectivity index (χ1n) is 13.5. The highest BCUT2D eigenvalue weighted by atomic mass is 16.5. The van der Waals surface area contributed by atoms with Crippen molar-refractivity contribution in [1.29, 1.82) is 5.41 Å². The van der Waals surface area contributed by atoms with Crippen LogP contribution in [0.3, 0.4) is 0 Å². The Bertz CT molecular complexity index is 1480. The van der Waals surface area contributed by atoms with Gasteiger partial charge in [-0.3, -0.25) is 4.90 Å². The summed E-state index contributed by atoms with van der Waals surface area (Å²) in [4.78, 5) is 14.1. The molecule has 4 aromatic rings. The molecular formula is C29H34N8O3. The molecule has 0 spiro atoms. The van der Waals surface area contributed by atoms with Gasteiger partial charge in [0.25, 0.3) is 0 Å². The Labute approximate surface area is 233 Å². The predicted molar refractivity (Wildman–Crippen MR) is 153 cm³/mol. The highest BCUT2D eigenvalue weighted by Crippen LogP contribution is 2.37. The summed E-state index contributed by atoms with van der Waals surface area (Å²) in [5.74, 6) is 2.58. The second-order valence-electron chi connectivity index (χ2n) is 10.3. The van der Waals surface area contributed by atoms with Crippen molar-refractivity contribution < 1.29 is 14.2 Å². The first-order chi connectivity index (χ1) is 19.6. The number of hydrogen-bond acceptors (Lipinski definition) is 10. The molecule has 3 aliphatic heterocycles. The molecule has 7 heterocycles. The number of nitrogens with zero attached hydrogens (tertiary/aromatic N) is 6. The van der Waals surface area contributed by atoms with Crippen LogP contribution in [0, 0.1) is 5.41 Å². The minimum atomic E-state index is 0.305. The minimum absolute atomic E-state index is 0.305. The highest BCUT2D eigenvalue weighted by Gasteiger charge is 2.44. The van der Waals surface area contributed by atoms with E-state index in [1.807, 2.05) is 24.5 Å². The molecule has 40 heavy (non-hydrogen) atoms. The van der Waals surface area contributed by atoms with E-state index in [0.717, 1.165) is 48.5 Å². The number of nitrogens with two attached hydrogens (primary N) is 1. The number of hydrogen-bond donors (Lipinski definition) is 2. The lowest BCUT2D eigenvalue weighted by Crippen LogP contribution is -2.68. The molecule has 208 valence electrons. The Kier molecular flexibility index (Phi) is 7.23. The van der Waals surface area contributed by atoms with Crippen molar-refractivity contribution in [2.45, 2.75) is 31.5 Å². The third-order valence-electron chi connectivity index (χ3n) is 7.77. The molecule has 3 fully saturated rings. The zero-order chi connectivity index (χ0) is 27.6. The molecule has 11 heteroatoms. The molecule has 3 aliphatic rings. The van der Waals surface area contributed by atoms with E-state index in [0.29, 0.717) is 48.3 Å². The zero-order valence-electron chi connectivity index (χ0n) is 22.8. The van der Waals surface area contributed by atoms with Crippen LogP contribution in [0.15, 0.2) is 48.9 Å². The van der Waals surface area contributed by atoms with Crippen molar-refractivity contribution in [1.82, 2.24) is 24.5 Å². The number of nitrogen functional groups attached to an aromatic ring is 1. The number of pyridine rings is 3. The van der Waals surface area contributed by atoms with Gasteiger partial charge in [0.15, 0.2) is 5.82 Å². The van der Waals surface area contributed by atoms with Crippen LogP contribution in [-0.4, -0.2) is 83.3 Å². The fraction of sp³-hybridized carbons (Fsp3) is 0.379. The molecule has 0 amide bonds. The van der Waals surface area contributed by atoms with Crippen LogP contribution >= 0.6 is 0 Å². The maximum Gasteiger partial charge on any atom is 0.212 e. The molecule has 7 rings (SSSR count). The summed E-state index contributed by atoms with van der Waals surface area (Å²) in [6.45, 7) is 3.93. The molecule has 0 radical (unpaired) electrons. The number of rotatable bonds is 11. The third-order valence-corrected chi connectivity index (χ3v) is 7.77. The number of piperazine rings is 1. The van der Waals surface area contributed by atoms with Crippen LogP contribution < -0.4 is 20.1 Å². The summed E-state index contributed by atoms with van der Waals surface area (Å²) in [6.07, 6.45) is 8.82. The predicted octanol–water partition coefficient (Wildman–Crippen LogP) is 3.26. The molecule has 0 aromatic carbocycles. The molecule has 3 N–H and O–H groups in total. The summed E-state index contributed by atoms with van der Waals surface area (Å²) < 4.78 is 18.0. The van der Waals surface area contributed by atoms with Gasteiger partial charge in [0, 0.05) is 87.7 Å². The Hall–Kier alpha value is -4.22. The lowest BCUT2D eigenvalue weighted by atomic mass is 9.87. The van der Waals surface area contributed by atoms with Gasteiger partial charge < -0.3 is 30.3 Å². The quantitative estimate of drug-likeness (QED) is 0.217. The van der Waals surface area contributed by atoms with Crippen molar-refractivity contribution in [2.75, 3.05) is 51.2 Å². The Balaban J connectivity index is 1.19. The van der Waals surface area contributed by atoms with E-state index < -0.39 is 0 Å². The van der Waals surface area contributed by atoms with E-state index in [2.05, 4.69) is 38.1 Å². The fourth-order valence-corrected chi connectivity index (χ4v) is 5.73. The van der Waals surface area contributed by atoms with Gasteiger partial charge >= 0.3 is 0 Å². The number of methoxy groups -OCH3 is 2. The molecule has 11 nitrogen and oxygen atoms in total. The summed E-state index contributed by atoms with van der Waals surface area (Å²) in [6, 6.07) is 11.1. The van der Waals surface area contributed by atoms with Crippen LogP contribution in [-0.2, 0) is 11.3 Å². The SMILES string of the molecule is COCCCOc1cc(-c2ccc(N3CC4CC(C3)N4Cc3ccc(OC)nc3)nc2)c2c(C=N)c(N)nn2c1. The average Bonchev–Trinajstić information content (AvgIpc) is 3.32. The highest BCUT2D eigenvalue weighted by molar-refractivity contribution is 6.00. The molecule has 3 saturated heterocycles. The number of fused-ring (bicyclic) bond motifs is 3. The molecule has 2 bridgehead atoms. The second-order valence-corrected chi connectivity index (χ2v) is 10.3. The van der Waals surface area contributed by atoms with Crippen molar-refractivity contribution in [3.8, 4) is 22.8 Å². The first-order valence-corrected chi connectivity index (χ1v) is 13.5. The Morgan fingerprint density at radius 3 is 2.60 bits per heavy atom. The van der Waals surface area contributed by atoms with E-state index in [9.17, 15) is 0 Å². The fourth-order valence-electron chi connectivity index (χ4n) is 5.73. The van der Waals surface area contributed by atoms with Crippen molar-refractivity contribution in [3.05, 3.63) is 60.0 Å². The first kappa shape index (κ1) is 26.0. The number of nitrogens with one attached hydrogen (secondary N) is 1. The van der Waals surface area contributed by atoms with Gasteiger partial charge in [0.2, 0.25) is 5.88 Å². The number of ether oxygens (including phenoxy) is 3. The van der Waals surface area contributed by atoms with Crippen LogP contribution in [0.4, 0.5) is 11.6 Å². The monoisotopic (exact) mass is 542 g/mol.